The molecule has 0 radical (unpaired) electrons. The first-order valence-corrected chi connectivity index (χ1v) is 9.41. The van der Waals surface area contributed by atoms with Gasteiger partial charge in [0.1, 0.15) is 11.4 Å². The van der Waals surface area contributed by atoms with Gasteiger partial charge in [-0.15, -0.1) is 11.3 Å². The van der Waals surface area contributed by atoms with Crippen LogP contribution in [-0.4, -0.2) is 46.0 Å². The van der Waals surface area contributed by atoms with Crippen molar-refractivity contribution in [3.63, 3.8) is 0 Å². The summed E-state index contributed by atoms with van der Waals surface area (Å²) in [6.07, 6.45) is 5.07. The Morgan fingerprint density at radius 1 is 1.32 bits per heavy atom. The van der Waals surface area contributed by atoms with E-state index in [0.29, 0.717) is 11.4 Å². The maximum atomic E-state index is 12.7. The van der Waals surface area contributed by atoms with E-state index < -0.39 is 5.97 Å². The van der Waals surface area contributed by atoms with Gasteiger partial charge in [-0.2, -0.15) is 0 Å². The van der Waals surface area contributed by atoms with Crippen LogP contribution in [0.5, 0.6) is 0 Å². The normalized spacial score (nSPS) is 14.2. The summed E-state index contributed by atoms with van der Waals surface area (Å²) in [6.45, 7) is 3.75. The van der Waals surface area contributed by atoms with E-state index in [1.807, 2.05) is 6.92 Å². The van der Waals surface area contributed by atoms with Crippen molar-refractivity contribution in [2.24, 2.45) is 0 Å². The van der Waals surface area contributed by atoms with Crippen LogP contribution in [0.25, 0.3) is 10.2 Å². The molecule has 0 aliphatic carbocycles. The second-order valence-corrected chi connectivity index (χ2v) is 6.94. The first kappa shape index (κ1) is 17.6. The molecule has 0 bridgehead atoms. The number of fused-ring (bicyclic) bond motifs is 1. The minimum absolute atomic E-state index is 0.0536. The zero-order valence-electron chi connectivity index (χ0n) is 14.2. The smallest absolute Gasteiger partial charge is 0.339 e. The van der Waals surface area contributed by atoms with E-state index >= 15 is 0 Å². The summed E-state index contributed by atoms with van der Waals surface area (Å²) in [7, 11) is 0. The molecule has 2 aromatic heterocycles. The van der Waals surface area contributed by atoms with E-state index in [1.165, 1.54) is 22.2 Å². The predicted octanol–water partition coefficient (Wildman–Crippen LogP) is 2.04. The third kappa shape index (κ3) is 3.73. The number of ether oxygens (including phenoxy) is 1. The third-order valence-corrected chi connectivity index (χ3v) is 5.16. The quantitative estimate of drug-likeness (QED) is 0.579. The van der Waals surface area contributed by atoms with Crippen molar-refractivity contribution in [2.45, 2.75) is 39.2 Å². The molecule has 0 aromatic carbocycles. The standard InChI is InChI=1S/C17H21N3O4S/c1-2-3-8-24-17(23)12-10-25-15-14(12)16(22)20(11-18-15)9-13(21)19-6-4-5-7-19/h10-11H,2-9H2,1H3. The van der Waals surface area contributed by atoms with Gasteiger partial charge in [-0.1, -0.05) is 13.3 Å². The molecule has 1 aliphatic heterocycles. The molecular weight excluding hydrogens is 342 g/mol. The molecule has 0 unspecified atom stereocenters. The van der Waals surface area contributed by atoms with E-state index in [1.54, 1.807) is 10.3 Å². The van der Waals surface area contributed by atoms with Gasteiger partial charge in [-0.05, 0) is 19.3 Å². The van der Waals surface area contributed by atoms with Gasteiger partial charge in [0.05, 0.1) is 23.9 Å². The lowest BCUT2D eigenvalue weighted by Gasteiger charge is -2.15. The molecule has 0 N–H and O–H groups in total. The summed E-state index contributed by atoms with van der Waals surface area (Å²) >= 11 is 1.23. The van der Waals surface area contributed by atoms with Crippen molar-refractivity contribution in [3.05, 3.63) is 27.6 Å². The van der Waals surface area contributed by atoms with Gasteiger partial charge >= 0.3 is 5.97 Å². The van der Waals surface area contributed by atoms with Crippen molar-refractivity contribution in [3.8, 4) is 0 Å². The average Bonchev–Trinajstić information content (AvgIpc) is 3.27. The summed E-state index contributed by atoms with van der Waals surface area (Å²) in [5, 5.41) is 1.84. The van der Waals surface area contributed by atoms with Gasteiger partial charge < -0.3 is 9.64 Å². The van der Waals surface area contributed by atoms with Crippen molar-refractivity contribution < 1.29 is 14.3 Å². The zero-order valence-corrected chi connectivity index (χ0v) is 15.0. The van der Waals surface area contributed by atoms with Crippen molar-refractivity contribution in [1.29, 1.82) is 0 Å². The van der Waals surface area contributed by atoms with E-state index in [2.05, 4.69) is 4.98 Å². The van der Waals surface area contributed by atoms with Crippen LogP contribution in [0, 0.1) is 0 Å². The fraction of sp³-hybridized carbons (Fsp3) is 0.529. The largest absolute Gasteiger partial charge is 0.462 e. The number of unbranched alkanes of at least 4 members (excludes halogenated alkanes) is 1. The van der Waals surface area contributed by atoms with Crippen molar-refractivity contribution >= 4 is 33.4 Å². The average molecular weight is 363 g/mol. The zero-order chi connectivity index (χ0) is 17.8. The van der Waals surface area contributed by atoms with Crippen LogP contribution in [0.15, 0.2) is 16.5 Å². The highest BCUT2D eigenvalue weighted by Gasteiger charge is 2.22. The molecular formula is C17H21N3O4S. The van der Waals surface area contributed by atoms with Crippen LogP contribution in [0.4, 0.5) is 0 Å². The molecule has 2 aromatic rings. The first-order chi connectivity index (χ1) is 12.1. The van der Waals surface area contributed by atoms with Gasteiger partial charge in [-0.3, -0.25) is 14.2 Å². The topological polar surface area (TPSA) is 81.5 Å². The molecule has 3 heterocycles. The maximum absolute atomic E-state index is 12.7. The highest BCUT2D eigenvalue weighted by molar-refractivity contribution is 7.17. The Balaban J connectivity index is 1.85. The number of amides is 1. The minimum atomic E-state index is -0.512. The number of hydrogen-bond donors (Lipinski definition) is 0. The first-order valence-electron chi connectivity index (χ1n) is 8.53. The lowest BCUT2D eigenvalue weighted by atomic mass is 10.2. The number of rotatable bonds is 6. The van der Waals surface area contributed by atoms with Gasteiger partial charge in [0.15, 0.2) is 0 Å². The maximum Gasteiger partial charge on any atom is 0.339 e. The lowest BCUT2D eigenvalue weighted by Crippen LogP contribution is -2.34. The van der Waals surface area contributed by atoms with Gasteiger partial charge in [0, 0.05) is 18.5 Å². The monoisotopic (exact) mass is 363 g/mol. The lowest BCUT2D eigenvalue weighted by molar-refractivity contribution is -0.130. The van der Waals surface area contributed by atoms with Crippen molar-refractivity contribution in [2.75, 3.05) is 19.7 Å². The predicted molar refractivity (Wildman–Crippen MR) is 94.9 cm³/mol. The molecule has 0 spiro atoms. The van der Waals surface area contributed by atoms with Crippen LogP contribution >= 0.6 is 11.3 Å². The molecule has 3 rings (SSSR count). The second-order valence-electron chi connectivity index (χ2n) is 6.08. The van der Waals surface area contributed by atoms with Gasteiger partial charge in [0.25, 0.3) is 5.56 Å². The van der Waals surface area contributed by atoms with E-state index in [4.69, 9.17) is 4.74 Å². The van der Waals surface area contributed by atoms with Gasteiger partial charge in [-0.25, -0.2) is 9.78 Å². The highest BCUT2D eigenvalue weighted by atomic mass is 32.1. The molecule has 0 atom stereocenters. The summed E-state index contributed by atoms with van der Waals surface area (Å²) in [6, 6.07) is 0. The molecule has 1 aliphatic rings. The summed E-state index contributed by atoms with van der Waals surface area (Å²) < 4.78 is 6.49. The number of thiophene rings is 1. The Morgan fingerprint density at radius 3 is 2.80 bits per heavy atom. The summed E-state index contributed by atoms with van der Waals surface area (Å²) in [4.78, 5) is 43.7. The Labute approximate surface area is 149 Å². The number of hydrogen-bond acceptors (Lipinski definition) is 6. The molecule has 1 amide bonds. The number of aromatic nitrogens is 2. The van der Waals surface area contributed by atoms with E-state index in [-0.39, 0.29) is 29.0 Å². The molecule has 1 fully saturated rings. The number of likely N-dealkylation sites (tertiary alicyclic amines) is 1. The van der Waals surface area contributed by atoms with Crippen LogP contribution in [0.3, 0.4) is 0 Å². The summed E-state index contributed by atoms with van der Waals surface area (Å²) in [5.41, 5.74) is -0.141. The molecule has 8 heteroatoms. The minimum Gasteiger partial charge on any atom is -0.462 e. The Hall–Kier alpha value is -2.22. The third-order valence-electron chi connectivity index (χ3n) is 4.28. The molecule has 7 nitrogen and oxygen atoms in total. The van der Waals surface area contributed by atoms with Crippen LogP contribution in [0.2, 0.25) is 0 Å². The molecule has 1 saturated heterocycles. The van der Waals surface area contributed by atoms with Gasteiger partial charge in [0.2, 0.25) is 5.91 Å². The number of nitrogens with zero attached hydrogens (tertiary/aromatic N) is 3. The molecule has 0 saturated carbocycles. The Kier molecular flexibility index (Phi) is 5.47. The van der Waals surface area contributed by atoms with E-state index in [0.717, 1.165) is 38.8 Å². The van der Waals surface area contributed by atoms with Crippen LogP contribution in [-0.2, 0) is 16.1 Å². The SMILES string of the molecule is CCCCOC(=O)c1csc2ncn(CC(=O)N3CCCC3)c(=O)c12. The number of esters is 1. The van der Waals surface area contributed by atoms with Crippen molar-refractivity contribution in [1.82, 2.24) is 14.5 Å². The molecule has 25 heavy (non-hydrogen) atoms. The molecule has 134 valence electrons. The van der Waals surface area contributed by atoms with E-state index in [9.17, 15) is 14.4 Å². The van der Waals surface area contributed by atoms with Crippen LogP contribution < -0.4 is 5.56 Å². The Bertz CT molecular complexity index is 836. The number of carbonyl (C=O) groups is 2. The fourth-order valence-corrected chi connectivity index (χ4v) is 3.70. The highest BCUT2D eigenvalue weighted by Crippen LogP contribution is 2.21. The summed E-state index contributed by atoms with van der Waals surface area (Å²) in [5.74, 6) is -0.606. The van der Waals surface area contributed by atoms with Crippen LogP contribution in [0.1, 0.15) is 43.0 Å². The Morgan fingerprint density at radius 2 is 2.08 bits per heavy atom. The number of carbonyl (C=O) groups excluding carboxylic acids is 2. The second kappa shape index (κ2) is 7.77. The fourth-order valence-electron chi connectivity index (χ4n) is 2.83.